The zero-order valence-electron chi connectivity index (χ0n) is 19.0. The Bertz CT molecular complexity index is 1340. The fourth-order valence-electron chi connectivity index (χ4n) is 4.47. The predicted molar refractivity (Wildman–Crippen MR) is 127 cm³/mol. The van der Waals surface area contributed by atoms with E-state index in [0.29, 0.717) is 17.6 Å². The van der Waals surface area contributed by atoms with Crippen LogP contribution >= 0.6 is 0 Å². The zero-order valence-corrected chi connectivity index (χ0v) is 19.0. The van der Waals surface area contributed by atoms with Gasteiger partial charge in [0.2, 0.25) is 0 Å². The van der Waals surface area contributed by atoms with E-state index in [2.05, 4.69) is 45.3 Å². The molecule has 0 unspecified atom stereocenters. The Balaban J connectivity index is 1.30. The summed E-state index contributed by atoms with van der Waals surface area (Å²) in [4.78, 5) is 11.7. The highest BCUT2D eigenvalue weighted by molar-refractivity contribution is 5.85. The molecule has 1 N–H and O–H groups in total. The molecule has 0 radical (unpaired) electrons. The van der Waals surface area contributed by atoms with Crippen LogP contribution in [-0.4, -0.2) is 55.2 Å². The van der Waals surface area contributed by atoms with Gasteiger partial charge in [-0.3, -0.25) is 9.67 Å². The molecular formula is C24H26N8O. The lowest BCUT2D eigenvalue weighted by Crippen LogP contribution is -2.68. The third-order valence-corrected chi connectivity index (χ3v) is 6.48. The van der Waals surface area contributed by atoms with Gasteiger partial charge in [-0.15, -0.1) is 5.10 Å². The first-order valence-corrected chi connectivity index (χ1v) is 11.3. The number of hydrogen-bond acceptors (Lipinski definition) is 8. The molecule has 2 aliphatic heterocycles. The number of aromatic nitrogens is 6. The quantitative estimate of drug-likeness (QED) is 0.500. The van der Waals surface area contributed by atoms with Crippen molar-refractivity contribution in [3.63, 3.8) is 0 Å². The monoisotopic (exact) mass is 442 g/mol. The molecule has 9 heteroatoms. The van der Waals surface area contributed by atoms with Crippen molar-refractivity contribution in [1.82, 2.24) is 29.9 Å². The Morgan fingerprint density at radius 3 is 2.70 bits per heavy atom. The maximum absolute atomic E-state index is 5.78. The standard InChI is InChI=1S/C24H26N8O/c1-15(2)16-9-22(29-26-11-16)28-21-5-4-19-20(27-21)8-17(10-25-19)18-12-31(3)30-23(18)32-13-24(14-32)6-7-33-24/h4-5,8-12,15H,6-7,13-14H2,1-3H3,(H,27,28,29). The molecule has 6 heterocycles. The van der Waals surface area contributed by atoms with Gasteiger partial charge in [-0.25, -0.2) is 4.98 Å². The van der Waals surface area contributed by atoms with Gasteiger partial charge in [0.05, 0.1) is 36.9 Å². The van der Waals surface area contributed by atoms with Gasteiger partial charge in [0.25, 0.3) is 0 Å². The zero-order chi connectivity index (χ0) is 22.6. The maximum Gasteiger partial charge on any atom is 0.158 e. The maximum atomic E-state index is 5.78. The first kappa shape index (κ1) is 20.0. The summed E-state index contributed by atoms with van der Waals surface area (Å²) in [6, 6.07) is 7.95. The summed E-state index contributed by atoms with van der Waals surface area (Å²) in [5.41, 5.74) is 4.87. The second-order valence-corrected chi connectivity index (χ2v) is 9.29. The third-order valence-electron chi connectivity index (χ3n) is 6.48. The smallest absolute Gasteiger partial charge is 0.158 e. The van der Waals surface area contributed by atoms with Crippen molar-refractivity contribution >= 4 is 28.5 Å². The molecule has 0 saturated carbocycles. The summed E-state index contributed by atoms with van der Waals surface area (Å²) < 4.78 is 7.64. The average Bonchev–Trinajstić information content (AvgIpc) is 3.12. The van der Waals surface area contributed by atoms with E-state index in [1.165, 1.54) is 0 Å². The van der Waals surface area contributed by atoms with Crippen LogP contribution in [0.15, 0.2) is 42.9 Å². The van der Waals surface area contributed by atoms with Crippen LogP contribution in [0.5, 0.6) is 0 Å². The Morgan fingerprint density at radius 1 is 1.09 bits per heavy atom. The van der Waals surface area contributed by atoms with Crippen LogP contribution in [0.1, 0.15) is 31.7 Å². The highest BCUT2D eigenvalue weighted by Gasteiger charge is 2.50. The lowest BCUT2D eigenvalue weighted by molar-refractivity contribution is -0.161. The number of ether oxygens (including phenoxy) is 1. The topological polar surface area (TPSA) is 93.9 Å². The molecule has 2 saturated heterocycles. The fraction of sp³-hybridized carbons (Fsp3) is 0.375. The SMILES string of the molecule is CC(C)c1cnnc(Nc2ccc3ncc(-c4cn(C)nc4N4CC5(CCO5)C4)cc3n2)c1. The molecule has 0 amide bonds. The van der Waals surface area contributed by atoms with Crippen molar-refractivity contribution in [3.05, 3.63) is 48.4 Å². The van der Waals surface area contributed by atoms with Gasteiger partial charge >= 0.3 is 0 Å². The molecule has 0 aliphatic carbocycles. The van der Waals surface area contributed by atoms with Crippen LogP contribution < -0.4 is 10.2 Å². The molecule has 2 fully saturated rings. The fourth-order valence-corrected chi connectivity index (χ4v) is 4.47. The van der Waals surface area contributed by atoms with E-state index in [-0.39, 0.29) is 5.60 Å². The summed E-state index contributed by atoms with van der Waals surface area (Å²) in [6.07, 6.45) is 6.86. The Kier molecular flexibility index (Phi) is 4.55. The van der Waals surface area contributed by atoms with Crippen molar-refractivity contribution in [2.24, 2.45) is 7.05 Å². The summed E-state index contributed by atoms with van der Waals surface area (Å²) in [5.74, 6) is 2.73. The molecule has 2 aliphatic rings. The first-order valence-electron chi connectivity index (χ1n) is 11.3. The minimum atomic E-state index is 0.0499. The van der Waals surface area contributed by atoms with Crippen molar-refractivity contribution in [2.45, 2.75) is 31.8 Å². The number of nitrogens with zero attached hydrogens (tertiary/aromatic N) is 7. The number of aryl methyl sites for hydroxylation is 1. The van der Waals surface area contributed by atoms with Gasteiger partial charge in [0.15, 0.2) is 11.6 Å². The number of hydrogen-bond donors (Lipinski definition) is 1. The highest BCUT2D eigenvalue weighted by atomic mass is 16.5. The van der Waals surface area contributed by atoms with Crippen LogP contribution in [0.25, 0.3) is 22.2 Å². The Hall–Kier alpha value is -3.59. The number of fused-ring (bicyclic) bond motifs is 1. The summed E-state index contributed by atoms with van der Waals surface area (Å²) in [6.45, 7) is 6.91. The van der Waals surface area contributed by atoms with E-state index >= 15 is 0 Å². The van der Waals surface area contributed by atoms with Crippen LogP contribution in [0.2, 0.25) is 0 Å². The normalized spacial score (nSPS) is 16.8. The lowest BCUT2D eigenvalue weighted by atomic mass is 9.86. The summed E-state index contributed by atoms with van der Waals surface area (Å²) in [7, 11) is 1.95. The number of rotatable bonds is 5. The van der Waals surface area contributed by atoms with Gasteiger partial charge in [0, 0.05) is 37.0 Å². The lowest BCUT2D eigenvalue weighted by Gasteiger charge is -2.55. The van der Waals surface area contributed by atoms with E-state index in [9.17, 15) is 0 Å². The summed E-state index contributed by atoms with van der Waals surface area (Å²) >= 11 is 0. The van der Waals surface area contributed by atoms with Crippen LogP contribution in [0, 0.1) is 0 Å². The van der Waals surface area contributed by atoms with Crippen molar-refractivity contribution in [1.29, 1.82) is 0 Å². The molecule has 9 nitrogen and oxygen atoms in total. The second-order valence-electron chi connectivity index (χ2n) is 9.29. The minimum absolute atomic E-state index is 0.0499. The highest BCUT2D eigenvalue weighted by Crippen LogP contribution is 2.41. The van der Waals surface area contributed by atoms with Crippen LogP contribution in [0.4, 0.5) is 17.5 Å². The molecule has 4 aromatic heterocycles. The molecule has 1 spiro atoms. The van der Waals surface area contributed by atoms with E-state index in [0.717, 1.165) is 59.7 Å². The first-order chi connectivity index (χ1) is 16.0. The molecule has 0 aromatic carbocycles. The van der Waals surface area contributed by atoms with Crippen molar-refractivity contribution in [2.75, 3.05) is 29.9 Å². The molecule has 4 aromatic rings. The predicted octanol–water partition coefficient (Wildman–Crippen LogP) is 3.67. The van der Waals surface area contributed by atoms with Gasteiger partial charge in [-0.05, 0) is 35.7 Å². The largest absolute Gasteiger partial charge is 0.371 e. The molecular weight excluding hydrogens is 416 g/mol. The van der Waals surface area contributed by atoms with Gasteiger partial charge in [0.1, 0.15) is 11.4 Å². The van der Waals surface area contributed by atoms with Gasteiger partial charge < -0.3 is 15.0 Å². The van der Waals surface area contributed by atoms with Gasteiger partial charge in [-0.1, -0.05) is 13.8 Å². The Morgan fingerprint density at radius 2 is 1.94 bits per heavy atom. The summed E-state index contributed by atoms with van der Waals surface area (Å²) in [5, 5.41) is 16.3. The molecule has 168 valence electrons. The van der Waals surface area contributed by atoms with Gasteiger partial charge in [-0.2, -0.15) is 10.2 Å². The van der Waals surface area contributed by atoms with E-state index < -0.39 is 0 Å². The van der Waals surface area contributed by atoms with Crippen molar-refractivity contribution in [3.8, 4) is 11.1 Å². The van der Waals surface area contributed by atoms with Crippen LogP contribution in [0.3, 0.4) is 0 Å². The molecule has 0 atom stereocenters. The average molecular weight is 443 g/mol. The van der Waals surface area contributed by atoms with Crippen LogP contribution in [-0.2, 0) is 11.8 Å². The van der Waals surface area contributed by atoms with E-state index in [1.807, 2.05) is 42.3 Å². The minimum Gasteiger partial charge on any atom is -0.371 e. The number of anilines is 3. The number of pyridine rings is 2. The van der Waals surface area contributed by atoms with E-state index in [1.54, 1.807) is 6.20 Å². The van der Waals surface area contributed by atoms with E-state index in [4.69, 9.17) is 14.8 Å². The Labute approximate surface area is 191 Å². The van der Waals surface area contributed by atoms with Crippen molar-refractivity contribution < 1.29 is 4.74 Å². The molecule has 6 rings (SSSR count). The third kappa shape index (κ3) is 3.58. The number of nitrogens with one attached hydrogen (secondary N) is 1. The molecule has 0 bridgehead atoms. The molecule has 33 heavy (non-hydrogen) atoms. The second kappa shape index (κ2) is 7.48.